The zero-order chi connectivity index (χ0) is 11.7. The summed E-state index contributed by atoms with van der Waals surface area (Å²) < 4.78 is 1.12. The fourth-order valence-electron chi connectivity index (χ4n) is 1.65. The van der Waals surface area contributed by atoms with Crippen molar-refractivity contribution in [2.45, 2.75) is 20.3 Å². The lowest BCUT2D eigenvalue weighted by molar-refractivity contribution is 0.649. The molecule has 2 rings (SSSR count). The highest BCUT2D eigenvalue weighted by molar-refractivity contribution is 9.11. The van der Waals surface area contributed by atoms with Crippen molar-refractivity contribution in [3.63, 3.8) is 0 Å². The summed E-state index contributed by atoms with van der Waals surface area (Å²) in [4.78, 5) is 1.17. The van der Waals surface area contributed by atoms with Crippen LogP contribution in [0, 0.1) is 5.92 Å². The van der Waals surface area contributed by atoms with Crippen molar-refractivity contribution in [3.8, 4) is 10.6 Å². The summed E-state index contributed by atoms with van der Waals surface area (Å²) in [5, 5.41) is 7.12. The first-order valence-corrected chi connectivity index (χ1v) is 6.77. The molecule has 3 nitrogen and oxygen atoms in total. The molecule has 0 aliphatic rings. The van der Waals surface area contributed by atoms with Gasteiger partial charge in [0.05, 0.1) is 14.4 Å². The number of hydrogen-bond acceptors (Lipinski definition) is 3. The fourth-order valence-corrected chi connectivity index (χ4v) is 3.05. The fraction of sp³-hybridized carbons (Fsp3) is 0.364. The van der Waals surface area contributed by atoms with Crippen molar-refractivity contribution in [2.75, 3.05) is 5.73 Å². The van der Waals surface area contributed by atoms with Gasteiger partial charge in [-0.3, -0.25) is 5.10 Å². The van der Waals surface area contributed by atoms with E-state index in [4.69, 9.17) is 5.73 Å². The molecule has 0 spiro atoms. The largest absolute Gasteiger partial charge is 0.382 e. The molecule has 0 bridgehead atoms. The molecule has 0 unspecified atom stereocenters. The number of H-pyrrole nitrogens is 1. The van der Waals surface area contributed by atoms with Gasteiger partial charge in [0.2, 0.25) is 0 Å². The maximum absolute atomic E-state index is 5.88. The molecule has 16 heavy (non-hydrogen) atoms. The molecule has 86 valence electrons. The topological polar surface area (TPSA) is 54.7 Å². The molecule has 0 fully saturated rings. The standard InChI is InChI=1S/C11H14BrN3S/c1-6(2)5-7-10(14-15-11(7)13)8-3-4-9(12)16-8/h3-4,6H,5H2,1-2H3,(H3,13,14,15). The van der Waals surface area contributed by atoms with Crippen LogP contribution in [0.5, 0.6) is 0 Å². The smallest absolute Gasteiger partial charge is 0.149 e. The first kappa shape index (κ1) is 11.7. The lowest BCUT2D eigenvalue weighted by Gasteiger charge is -2.05. The normalized spacial score (nSPS) is 11.2. The molecule has 2 aromatic rings. The van der Waals surface area contributed by atoms with Crippen LogP contribution in [0.4, 0.5) is 5.82 Å². The summed E-state index contributed by atoms with van der Waals surface area (Å²) in [5.41, 5.74) is 8.07. The number of anilines is 1. The summed E-state index contributed by atoms with van der Waals surface area (Å²) in [7, 11) is 0. The van der Waals surface area contributed by atoms with Crippen LogP contribution in [-0.2, 0) is 6.42 Å². The Bertz CT molecular complexity index is 487. The van der Waals surface area contributed by atoms with E-state index in [0.717, 1.165) is 21.5 Å². The van der Waals surface area contributed by atoms with Crippen molar-refractivity contribution in [1.82, 2.24) is 10.2 Å². The highest BCUT2D eigenvalue weighted by atomic mass is 79.9. The van der Waals surface area contributed by atoms with Crippen LogP contribution < -0.4 is 5.73 Å². The minimum absolute atomic E-state index is 0.571. The second-order valence-electron chi connectivity index (χ2n) is 4.16. The third-order valence-electron chi connectivity index (χ3n) is 2.33. The van der Waals surface area contributed by atoms with E-state index < -0.39 is 0 Å². The molecule has 5 heteroatoms. The van der Waals surface area contributed by atoms with Crippen molar-refractivity contribution in [3.05, 3.63) is 21.5 Å². The number of aromatic amines is 1. The Morgan fingerprint density at radius 2 is 2.25 bits per heavy atom. The SMILES string of the molecule is CC(C)Cc1c(N)n[nH]c1-c1ccc(Br)s1. The molecule has 0 aromatic carbocycles. The summed E-state index contributed by atoms with van der Waals surface area (Å²) in [5.74, 6) is 1.19. The Morgan fingerprint density at radius 1 is 1.50 bits per heavy atom. The Balaban J connectivity index is 2.41. The van der Waals surface area contributed by atoms with E-state index in [9.17, 15) is 0 Å². The number of nitrogens with zero attached hydrogens (tertiary/aromatic N) is 1. The Hall–Kier alpha value is -0.810. The van der Waals surface area contributed by atoms with Gasteiger partial charge in [-0.15, -0.1) is 11.3 Å². The molecule has 2 heterocycles. The summed E-state index contributed by atoms with van der Waals surface area (Å²) >= 11 is 5.15. The van der Waals surface area contributed by atoms with E-state index >= 15 is 0 Å². The van der Waals surface area contributed by atoms with Crippen LogP contribution in [0.1, 0.15) is 19.4 Å². The zero-order valence-corrected chi connectivity index (χ0v) is 11.7. The van der Waals surface area contributed by atoms with E-state index in [1.54, 1.807) is 11.3 Å². The number of nitrogens with two attached hydrogens (primary N) is 1. The van der Waals surface area contributed by atoms with Gasteiger partial charge in [0, 0.05) is 5.56 Å². The highest BCUT2D eigenvalue weighted by Crippen LogP contribution is 2.34. The minimum atomic E-state index is 0.571. The molecule has 0 amide bonds. The van der Waals surface area contributed by atoms with E-state index in [-0.39, 0.29) is 0 Å². The van der Waals surface area contributed by atoms with Gasteiger partial charge in [-0.2, -0.15) is 5.10 Å². The van der Waals surface area contributed by atoms with Gasteiger partial charge in [-0.1, -0.05) is 13.8 Å². The molecular formula is C11H14BrN3S. The first-order chi connectivity index (χ1) is 7.58. The molecule has 0 aliphatic carbocycles. The number of aromatic nitrogens is 2. The predicted molar refractivity (Wildman–Crippen MR) is 72.6 cm³/mol. The lowest BCUT2D eigenvalue weighted by Crippen LogP contribution is -1.98. The number of hydrogen-bond donors (Lipinski definition) is 2. The number of nitrogens with one attached hydrogen (secondary N) is 1. The van der Waals surface area contributed by atoms with Crippen LogP contribution >= 0.6 is 27.3 Å². The maximum Gasteiger partial charge on any atom is 0.149 e. The van der Waals surface area contributed by atoms with Crippen LogP contribution in [0.15, 0.2) is 15.9 Å². The number of nitrogen functional groups attached to an aromatic ring is 1. The zero-order valence-electron chi connectivity index (χ0n) is 9.25. The van der Waals surface area contributed by atoms with E-state index in [1.807, 2.05) is 6.07 Å². The van der Waals surface area contributed by atoms with Crippen molar-refractivity contribution in [2.24, 2.45) is 5.92 Å². The second-order valence-corrected chi connectivity index (χ2v) is 6.63. The van der Waals surface area contributed by atoms with Crippen molar-refractivity contribution in [1.29, 1.82) is 0 Å². The highest BCUT2D eigenvalue weighted by Gasteiger charge is 2.15. The van der Waals surface area contributed by atoms with E-state index in [0.29, 0.717) is 11.7 Å². The van der Waals surface area contributed by atoms with Crippen molar-refractivity contribution >= 4 is 33.1 Å². The maximum atomic E-state index is 5.88. The average Bonchev–Trinajstić information content (AvgIpc) is 2.75. The predicted octanol–water partition coefficient (Wildman–Crippen LogP) is 3.68. The Kier molecular flexibility index (Phi) is 3.35. The first-order valence-electron chi connectivity index (χ1n) is 5.16. The number of thiophene rings is 1. The van der Waals surface area contributed by atoms with Gasteiger partial charge < -0.3 is 5.73 Å². The van der Waals surface area contributed by atoms with Crippen LogP contribution in [-0.4, -0.2) is 10.2 Å². The van der Waals surface area contributed by atoms with Gasteiger partial charge in [0.25, 0.3) is 0 Å². The van der Waals surface area contributed by atoms with Gasteiger partial charge in [-0.25, -0.2) is 0 Å². The molecule has 0 atom stereocenters. The summed E-state index contributed by atoms with van der Waals surface area (Å²) in [6.07, 6.45) is 0.952. The van der Waals surface area contributed by atoms with Crippen LogP contribution in [0.25, 0.3) is 10.6 Å². The number of rotatable bonds is 3. The molecule has 0 saturated carbocycles. The molecular weight excluding hydrogens is 286 g/mol. The molecule has 0 aliphatic heterocycles. The monoisotopic (exact) mass is 299 g/mol. The van der Waals surface area contributed by atoms with Gasteiger partial charge in [-0.05, 0) is 40.4 Å². The molecule has 0 radical (unpaired) electrons. The quantitative estimate of drug-likeness (QED) is 0.908. The summed E-state index contributed by atoms with van der Waals surface area (Å²) in [6, 6.07) is 4.11. The third-order valence-corrected chi connectivity index (χ3v) is 3.97. The minimum Gasteiger partial charge on any atom is -0.382 e. The number of halogens is 1. The van der Waals surface area contributed by atoms with Crippen LogP contribution in [0.2, 0.25) is 0 Å². The average molecular weight is 300 g/mol. The van der Waals surface area contributed by atoms with Gasteiger partial charge in [0.1, 0.15) is 5.82 Å². The third kappa shape index (κ3) is 2.30. The second kappa shape index (κ2) is 4.59. The van der Waals surface area contributed by atoms with Gasteiger partial charge in [0.15, 0.2) is 0 Å². The summed E-state index contributed by atoms with van der Waals surface area (Å²) in [6.45, 7) is 4.36. The van der Waals surface area contributed by atoms with Crippen molar-refractivity contribution < 1.29 is 0 Å². The van der Waals surface area contributed by atoms with Crippen LogP contribution in [0.3, 0.4) is 0 Å². The lowest BCUT2D eigenvalue weighted by atomic mass is 10.0. The molecule has 0 saturated heterocycles. The Labute approximate surface area is 107 Å². The molecule has 3 N–H and O–H groups in total. The Morgan fingerprint density at radius 3 is 2.81 bits per heavy atom. The van der Waals surface area contributed by atoms with E-state index in [1.165, 1.54) is 4.88 Å². The molecule has 2 aromatic heterocycles. The van der Waals surface area contributed by atoms with E-state index in [2.05, 4.69) is 46.0 Å². The van der Waals surface area contributed by atoms with Gasteiger partial charge >= 0.3 is 0 Å².